The van der Waals surface area contributed by atoms with Crippen molar-refractivity contribution in [3.8, 4) is 0 Å². The number of nitrogens with two attached hydrogens (primary N) is 1. The van der Waals surface area contributed by atoms with Crippen molar-refractivity contribution in [3.63, 3.8) is 0 Å². The lowest BCUT2D eigenvalue weighted by Crippen LogP contribution is -2.44. The summed E-state index contributed by atoms with van der Waals surface area (Å²) in [4.78, 5) is 27.7. The molecule has 3 N–H and O–H groups in total. The molecule has 0 heterocycles. The standard InChI is InChI=1S/C22H43N3O3/c1-3-4-5-6-7-8-9-10-11-12-13-14-15-16-17-18-20(26)25(19-21(27)28)22(23)24-2/h3-19H2,1-2H3,(H2,23,24)(H,27,28). The molecule has 0 fully saturated rings. The number of aliphatic carboxylic acids is 1. The number of carboxylic acid groups (broad SMARTS) is 1. The van der Waals surface area contributed by atoms with Gasteiger partial charge in [-0.1, -0.05) is 96.8 Å². The van der Waals surface area contributed by atoms with E-state index in [1.165, 1.54) is 84.1 Å². The van der Waals surface area contributed by atoms with Crippen LogP contribution in [-0.4, -0.2) is 41.4 Å². The van der Waals surface area contributed by atoms with Crippen molar-refractivity contribution in [3.05, 3.63) is 0 Å². The lowest BCUT2D eigenvalue weighted by molar-refractivity contribution is -0.141. The first-order valence-corrected chi connectivity index (χ1v) is 11.3. The highest BCUT2D eigenvalue weighted by Crippen LogP contribution is 2.14. The van der Waals surface area contributed by atoms with Gasteiger partial charge in [-0.3, -0.25) is 19.5 Å². The molecule has 0 bridgehead atoms. The number of hydrogen-bond acceptors (Lipinski definition) is 3. The summed E-state index contributed by atoms with van der Waals surface area (Å²) in [6.07, 6.45) is 19.4. The maximum Gasteiger partial charge on any atom is 0.323 e. The number of carbonyl (C=O) groups is 2. The molecule has 0 aliphatic heterocycles. The van der Waals surface area contributed by atoms with Crippen molar-refractivity contribution >= 4 is 17.8 Å². The number of rotatable bonds is 18. The monoisotopic (exact) mass is 397 g/mol. The van der Waals surface area contributed by atoms with E-state index in [-0.39, 0.29) is 11.9 Å². The van der Waals surface area contributed by atoms with E-state index in [0.717, 1.165) is 24.2 Å². The Kier molecular flexibility index (Phi) is 17.7. The van der Waals surface area contributed by atoms with Crippen molar-refractivity contribution in [1.82, 2.24) is 4.90 Å². The third kappa shape index (κ3) is 15.5. The Morgan fingerprint density at radius 1 is 0.786 bits per heavy atom. The molecule has 0 aliphatic rings. The number of unbranched alkanes of at least 4 members (excludes halogenated alkanes) is 14. The topological polar surface area (TPSA) is 96.0 Å². The van der Waals surface area contributed by atoms with Crippen LogP contribution >= 0.6 is 0 Å². The van der Waals surface area contributed by atoms with E-state index in [0.29, 0.717) is 6.42 Å². The van der Waals surface area contributed by atoms with Gasteiger partial charge in [0.15, 0.2) is 5.96 Å². The second kappa shape index (κ2) is 18.8. The van der Waals surface area contributed by atoms with Gasteiger partial charge in [-0.15, -0.1) is 0 Å². The van der Waals surface area contributed by atoms with E-state index in [1.54, 1.807) is 0 Å². The van der Waals surface area contributed by atoms with Crippen LogP contribution in [0.25, 0.3) is 0 Å². The minimum Gasteiger partial charge on any atom is -0.480 e. The first-order valence-electron chi connectivity index (χ1n) is 11.3. The molecule has 6 nitrogen and oxygen atoms in total. The van der Waals surface area contributed by atoms with Crippen molar-refractivity contribution < 1.29 is 14.7 Å². The summed E-state index contributed by atoms with van der Waals surface area (Å²) < 4.78 is 0. The van der Waals surface area contributed by atoms with E-state index < -0.39 is 12.5 Å². The number of guanidine groups is 1. The molecule has 0 aromatic heterocycles. The Morgan fingerprint density at radius 3 is 1.54 bits per heavy atom. The Bertz CT molecular complexity index is 439. The van der Waals surface area contributed by atoms with E-state index in [4.69, 9.17) is 10.8 Å². The minimum atomic E-state index is -1.09. The fourth-order valence-corrected chi connectivity index (χ4v) is 3.34. The fourth-order valence-electron chi connectivity index (χ4n) is 3.34. The maximum atomic E-state index is 12.1. The van der Waals surface area contributed by atoms with Crippen LogP contribution in [0.1, 0.15) is 110 Å². The molecule has 0 aliphatic carbocycles. The largest absolute Gasteiger partial charge is 0.480 e. The van der Waals surface area contributed by atoms with Crippen molar-refractivity contribution in [1.29, 1.82) is 0 Å². The number of nitrogens with zero attached hydrogens (tertiary/aromatic N) is 2. The summed E-state index contributed by atoms with van der Waals surface area (Å²) in [5, 5.41) is 8.88. The van der Waals surface area contributed by atoms with Gasteiger partial charge < -0.3 is 10.8 Å². The molecule has 0 radical (unpaired) electrons. The van der Waals surface area contributed by atoms with Gasteiger partial charge in [-0.05, 0) is 6.42 Å². The molecule has 0 aromatic rings. The number of amides is 1. The van der Waals surface area contributed by atoms with Gasteiger partial charge in [0.2, 0.25) is 5.91 Å². The quantitative estimate of drug-likeness (QED) is 0.191. The van der Waals surface area contributed by atoms with Gasteiger partial charge in [-0.2, -0.15) is 0 Å². The predicted molar refractivity (Wildman–Crippen MR) is 116 cm³/mol. The Morgan fingerprint density at radius 2 is 1.18 bits per heavy atom. The number of carbonyl (C=O) groups excluding carboxylic acids is 1. The van der Waals surface area contributed by atoms with Crippen LogP contribution < -0.4 is 5.73 Å². The Balaban J connectivity index is 3.53. The van der Waals surface area contributed by atoms with Gasteiger partial charge in [0, 0.05) is 13.5 Å². The molecule has 0 saturated heterocycles. The summed E-state index contributed by atoms with van der Waals surface area (Å²) in [5.41, 5.74) is 5.61. The molecular formula is C22H43N3O3. The lowest BCUT2D eigenvalue weighted by atomic mass is 10.0. The van der Waals surface area contributed by atoms with E-state index in [2.05, 4.69) is 11.9 Å². The SMILES string of the molecule is CCCCCCCCCCCCCCCCCC(=O)N(CC(=O)O)C(N)=NC. The van der Waals surface area contributed by atoms with Gasteiger partial charge in [-0.25, -0.2) is 0 Å². The summed E-state index contributed by atoms with van der Waals surface area (Å²) >= 11 is 0. The van der Waals surface area contributed by atoms with Gasteiger partial charge in [0.05, 0.1) is 0 Å². The lowest BCUT2D eigenvalue weighted by Gasteiger charge is -2.19. The van der Waals surface area contributed by atoms with E-state index >= 15 is 0 Å². The molecule has 0 rings (SSSR count). The third-order valence-corrected chi connectivity index (χ3v) is 5.09. The Labute approximate surface area is 172 Å². The molecular weight excluding hydrogens is 354 g/mol. The highest BCUT2D eigenvalue weighted by atomic mass is 16.4. The van der Waals surface area contributed by atoms with Crippen molar-refractivity contribution in [2.45, 2.75) is 110 Å². The first kappa shape index (κ1) is 26.4. The van der Waals surface area contributed by atoms with Crippen LogP contribution in [0.5, 0.6) is 0 Å². The smallest absolute Gasteiger partial charge is 0.323 e. The molecule has 0 aromatic carbocycles. The maximum absolute atomic E-state index is 12.1. The van der Waals surface area contributed by atoms with Crippen LogP contribution in [-0.2, 0) is 9.59 Å². The van der Waals surface area contributed by atoms with Crippen molar-refractivity contribution in [2.75, 3.05) is 13.6 Å². The average molecular weight is 398 g/mol. The van der Waals surface area contributed by atoms with Crippen LogP contribution in [0.4, 0.5) is 0 Å². The zero-order chi connectivity index (χ0) is 21.0. The molecule has 0 unspecified atom stereocenters. The summed E-state index contributed by atoms with van der Waals surface area (Å²) in [5.74, 6) is -1.38. The normalized spacial score (nSPS) is 11.6. The predicted octanol–water partition coefficient (Wildman–Crippen LogP) is 5.11. The molecule has 0 atom stereocenters. The van der Waals surface area contributed by atoms with Crippen LogP contribution in [0, 0.1) is 0 Å². The second-order valence-corrected chi connectivity index (χ2v) is 7.66. The molecule has 6 heteroatoms. The summed E-state index contributed by atoms with van der Waals surface area (Å²) in [6.45, 7) is 1.83. The average Bonchev–Trinajstić information content (AvgIpc) is 2.68. The third-order valence-electron chi connectivity index (χ3n) is 5.09. The van der Waals surface area contributed by atoms with Crippen LogP contribution in [0.2, 0.25) is 0 Å². The molecule has 0 spiro atoms. The highest BCUT2D eigenvalue weighted by molar-refractivity contribution is 5.98. The highest BCUT2D eigenvalue weighted by Gasteiger charge is 2.19. The number of aliphatic imine (C=N–C) groups is 1. The fraction of sp³-hybridized carbons (Fsp3) is 0.864. The van der Waals surface area contributed by atoms with Gasteiger partial charge >= 0.3 is 5.97 Å². The number of hydrogen-bond donors (Lipinski definition) is 2. The van der Waals surface area contributed by atoms with Crippen LogP contribution in [0.3, 0.4) is 0 Å². The number of carboxylic acids is 1. The Hall–Kier alpha value is -1.59. The van der Waals surface area contributed by atoms with Crippen molar-refractivity contribution in [2.24, 2.45) is 10.7 Å². The van der Waals surface area contributed by atoms with Crippen LogP contribution in [0.15, 0.2) is 4.99 Å². The first-order chi connectivity index (χ1) is 13.5. The summed E-state index contributed by atoms with van der Waals surface area (Å²) in [7, 11) is 1.45. The molecule has 164 valence electrons. The van der Waals surface area contributed by atoms with E-state index in [9.17, 15) is 9.59 Å². The molecule has 28 heavy (non-hydrogen) atoms. The van der Waals surface area contributed by atoms with Gasteiger partial charge in [0.1, 0.15) is 6.54 Å². The zero-order valence-corrected chi connectivity index (χ0v) is 18.3. The molecule has 1 amide bonds. The van der Waals surface area contributed by atoms with Gasteiger partial charge in [0.25, 0.3) is 0 Å². The summed E-state index contributed by atoms with van der Waals surface area (Å²) in [6, 6.07) is 0. The minimum absolute atomic E-state index is 0.0339. The zero-order valence-electron chi connectivity index (χ0n) is 18.3. The second-order valence-electron chi connectivity index (χ2n) is 7.66. The van der Waals surface area contributed by atoms with E-state index in [1.807, 2.05) is 0 Å². The molecule has 0 saturated carbocycles.